The molecule has 2 aromatic heterocycles. The Labute approximate surface area is 192 Å². The lowest BCUT2D eigenvalue weighted by Gasteiger charge is -2.33. The van der Waals surface area contributed by atoms with Crippen LogP contribution >= 0.6 is 0 Å². The first-order chi connectivity index (χ1) is 15.7. The standard InChI is InChI=1S/C23H29N5O4S/c1-15(13-26-11-4-10-24-26)22-25-21-18-7-6-16(2)27(23(29)30)19(18)8-9-20(21)28(22)17-5-3-12-33(31,32)14-17/h4,8-11,15-17H,3,5-7,12-14H2,1-2H3,(H,29,30)/t15?,16-,17-/m0/s1. The van der Waals surface area contributed by atoms with Crippen LogP contribution in [0.4, 0.5) is 10.5 Å². The zero-order chi connectivity index (χ0) is 23.3. The molecule has 3 aromatic rings. The molecule has 0 spiro atoms. The maximum atomic E-state index is 12.5. The average molecular weight is 472 g/mol. The van der Waals surface area contributed by atoms with Gasteiger partial charge >= 0.3 is 6.09 Å². The molecule has 1 saturated heterocycles. The van der Waals surface area contributed by atoms with Gasteiger partial charge in [0.15, 0.2) is 9.84 Å². The van der Waals surface area contributed by atoms with Gasteiger partial charge in [0.25, 0.3) is 0 Å². The van der Waals surface area contributed by atoms with Crippen LogP contribution in [-0.2, 0) is 22.8 Å². The summed E-state index contributed by atoms with van der Waals surface area (Å²) in [6, 6.07) is 5.37. The van der Waals surface area contributed by atoms with Gasteiger partial charge in [-0.15, -0.1) is 0 Å². The van der Waals surface area contributed by atoms with Crippen molar-refractivity contribution in [3.05, 3.63) is 42.0 Å². The van der Waals surface area contributed by atoms with Crippen LogP contribution in [-0.4, -0.2) is 56.5 Å². The number of anilines is 1. The highest BCUT2D eigenvalue weighted by atomic mass is 32.2. The summed E-state index contributed by atoms with van der Waals surface area (Å²) in [5, 5.41) is 14.1. The van der Waals surface area contributed by atoms with Gasteiger partial charge in [-0.2, -0.15) is 5.10 Å². The number of hydrogen-bond acceptors (Lipinski definition) is 5. The summed E-state index contributed by atoms with van der Waals surface area (Å²) in [4.78, 5) is 18.4. The number of nitrogens with zero attached hydrogens (tertiary/aromatic N) is 5. The maximum absolute atomic E-state index is 12.5. The van der Waals surface area contributed by atoms with Crippen LogP contribution in [0.25, 0.3) is 11.0 Å². The third-order valence-corrected chi connectivity index (χ3v) is 8.76. The van der Waals surface area contributed by atoms with Crippen molar-refractivity contribution in [3.8, 4) is 0 Å². The Hall–Kier alpha value is -2.88. The van der Waals surface area contributed by atoms with E-state index in [-0.39, 0.29) is 29.5 Å². The molecule has 0 bridgehead atoms. The van der Waals surface area contributed by atoms with Gasteiger partial charge < -0.3 is 9.67 Å². The van der Waals surface area contributed by atoms with E-state index >= 15 is 0 Å². The van der Waals surface area contributed by atoms with Crippen molar-refractivity contribution in [2.24, 2.45) is 0 Å². The Morgan fingerprint density at radius 2 is 2.12 bits per heavy atom. The van der Waals surface area contributed by atoms with E-state index in [2.05, 4.69) is 16.6 Å². The summed E-state index contributed by atoms with van der Waals surface area (Å²) < 4.78 is 29.0. The second-order valence-electron chi connectivity index (χ2n) is 9.35. The Kier molecular flexibility index (Phi) is 5.43. The number of fused-ring (bicyclic) bond motifs is 3. The van der Waals surface area contributed by atoms with E-state index in [1.165, 1.54) is 4.90 Å². The Bertz CT molecular complexity index is 1300. The molecule has 0 radical (unpaired) electrons. The smallest absolute Gasteiger partial charge is 0.412 e. The summed E-state index contributed by atoms with van der Waals surface area (Å²) in [6.07, 6.45) is 5.56. The van der Waals surface area contributed by atoms with Crippen LogP contribution in [0.5, 0.6) is 0 Å². The van der Waals surface area contributed by atoms with Gasteiger partial charge in [0.1, 0.15) is 5.82 Å². The van der Waals surface area contributed by atoms with Gasteiger partial charge in [0, 0.05) is 36.0 Å². The molecule has 1 amide bonds. The fourth-order valence-corrected chi connectivity index (χ4v) is 7.09. The zero-order valence-electron chi connectivity index (χ0n) is 18.9. The number of carbonyl (C=O) groups is 1. The minimum atomic E-state index is -3.12. The molecule has 33 heavy (non-hydrogen) atoms. The predicted molar refractivity (Wildman–Crippen MR) is 126 cm³/mol. The summed E-state index contributed by atoms with van der Waals surface area (Å²) in [7, 11) is -3.12. The highest BCUT2D eigenvalue weighted by Crippen LogP contribution is 2.39. The molecule has 2 aliphatic rings. The average Bonchev–Trinajstić information content (AvgIpc) is 3.39. The van der Waals surface area contributed by atoms with E-state index in [9.17, 15) is 18.3 Å². The van der Waals surface area contributed by atoms with Crippen LogP contribution in [0.2, 0.25) is 0 Å². The van der Waals surface area contributed by atoms with Crippen molar-refractivity contribution >= 4 is 32.7 Å². The summed E-state index contributed by atoms with van der Waals surface area (Å²) in [6.45, 7) is 4.62. The number of imidazole rings is 1. The van der Waals surface area contributed by atoms with Crippen LogP contribution in [0.15, 0.2) is 30.6 Å². The molecule has 1 fully saturated rings. The number of benzene rings is 1. The molecule has 1 unspecified atom stereocenters. The minimum absolute atomic E-state index is 0.00401. The minimum Gasteiger partial charge on any atom is -0.465 e. The van der Waals surface area contributed by atoms with E-state index in [0.29, 0.717) is 18.7 Å². The molecular weight excluding hydrogens is 442 g/mol. The van der Waals surface area contributed by atoms with E-state index < -0.39 is 15.9 Å². The third kappa shape index (κ3) is 3.90. The van der Waals surface area contributed by atoms with Crippen LogP contribution in [0, 0.1) is 0 Å². The van der Waals surface area contributed by atoms with Gasteiger partial charge in [-0.3, -0.25) is 9.58 Å². The normalized spacial score (nSPS) is 23.4. The van der Waals surface area contributed by atoms with E-state index in [1.54, 1.807) is 6.20 Å². The van der Waals surface area contributed by atoms with Crippen molar-refractivity contribution in [3.63, 3.8) is 0 Å². The fourth-order valence-electron chi connectivity index (χ4n) is 5.41. The number of aryl methyl sites for hydroxylation is 1. The van der Waals surface area contributed by atoms with Crippen LogP contribution < -0.4 is 4.90 Å². The fraction of sp³-hybridized carbons (Fsp3) is 0.522. The van der Waals surface area contributed by atoms with Gasteiger partial charge in [-0.25, -0.2) is 18.2 Å². The molecule has 5 rings (SSSR count). The molecule has 9 nitrogen and oxygen atoms in total. The monoisotopic (exact) mass is 471 g/mol. The van der Waals surface area contributed by atoms with Gasteiger partial charge in [-0.1, -0.05) is 6.92 Å². The number of rotatable bonds is 4. The quantitative estimate of drug-likeness (QED) is 0.622. The topological polar surface area (TPSA) is 110 Å². The molecule has 2 aliphatic heterocycles. The lowest BCUT2D eigenvalue weighted by atomic mass is 9.95. The first kappa shape index (κ1) is 21.9. The second-order valence-corrected chi connectivity index (χ2v) is 11.6. The molecule has 3 atom stereocenters. The Morgan fingerprint density at radius 3 is 2.82 bits per heavy atom. The maximum Gasteiger partial charge on any atom is 0.412 e. The summed E-state index contributed by atoms with van der Waals surface area (Å²) in [5.74, 6) is 1.16. The van der Waals surface area contributed by atoms with Crippen LogP contribution in [0.3, 0.4) is 0 Å². The first-order valence-electron chi connectivity index (χ1n) is 11.5. The Balaban J connectivity index is 1.68. The molecule has 4 heterocycles. The van der Waals surface area contributed by atoms with Crippen molar-refractivity contribution in [2.75, 3.05) is 16.4 Å². The summed E-state index contributed by atoms with van der Waals surface area (Å²) in [5.41, 5.74) is 3.29. The van der Waals surface area contributed by atoms with E-state index in [0.717, 1.165) is 41.7 Å². The molecule has 1 N–H and O–H groups in total. The predicted octanol–water partition coefficient (Wildman–Crippen LogP) is 3.61. The molecule has 1 aromatic carbocycles. The number of aromatic nitrogens is 4. The van der Waals surface area contributed by atoms with Crippen LogP contribution in [0.1, 0.15) is 56.5 Å². The number of amides is 1. The lowest BCUT2D eigenvalue weighted by Crippen LogP contribution is -2.41. The van der Waals surface area contributed by atoms with E-state index in [4.69, 9.17) is 4.98 Å². The zero-order valence-corrected chi connectivity index (χ0v) is 19.7. The molecule has 10 heteroatoms. The molecule has 0 saturated carbocycles. The highest BCUT2D eigenvalue weighted by Gasteiger charge is 2.34. The summed E-state index contributed by atoms with van der Waals surface area (Å²) >= 11 is 0. The first-order valence-corrected chi connectivity index (χ1v) is 13.3. The Morgan fingerprint density at radius 1 is 1.30 bits per heavy atom. The molecule has 0 aliphatic carbocycles. The van der Waals surface area contributed by atoms with Gasteiger partial charge in [0.2, 0.25) is 0 Å². The largest absolute Gasteiger partial charge is 0.465 e. The van der Waals surface area contributed by atoms with Crippen molar-refractivity contribution in [1.29, 1.82) is 0 Å². The van der Waals surface area contributed by atoms with Crippen molar-refractivity contribution < 1.29 is 18.3 Å². The number of sulfone groups is 1. The van der Waals surface area contributed by atoms with E-state index in [1.807, 2.05) is 36.0 Å². The highest BCUT2D eigenvalue weighted by molar-refractivity contribution is 7.91. The third-order valence-electron chi connectivity index (χ3n) is 6.95. The van der Waals surface area contributed by atoms with Crippen molar-refractivity contribution in [2.45, 2.75) is 64.1 Å². The number of hydrogen-bond donors (Lipinski definition) is 1. The SMILES string of the molecule is CC(Cn1cccn1)c1nc2c3c(ccc2n1[C@H]1CCCS(=O)(=O)C1)N(C(=O)O)[C@@H](C)CC3. The van der Waals surface area contributed by atoms with Gasteiger partial charge in [0.05, 0.1) is 34.8 Å². The number of carboxylic acid groups (broad SMARTS) is 1. The van der Waals surface area contributed by atoms with Crippen molar-refractivity contribution in [1.82, 2.24) is 19.3 Å². The molecule has 176 valence electrons. The second kappa shape index (κ2) is 8.16. The van der Waals surface area contributed by atoms with Gasteiger partial charge in [-0.05, 0) is 50.8 Å². The lowest BCUT2D eigenvalue weighted by molar-refractivity contribution is 0.198. The molecular formula is C23H29N5O4S.